The molecule has 1 saturated heterocycles. The summed E-state index contributed by atoms with van der Waals surface area (Å²) in [6.45, 7) is 3.24. The summed E-state index contributed by atoms with van der Waals surface area (Å²) in [5, 5.41) is 4.26. The van der Waals surface area contributed by atoms with Crippen LogP contribution >= 0.6 is 0 Å². The van der Waals surface area contributed by atoms with E-state index >= 15 is 0 Å². The van der Waals surface area contributed by atoms with E-state index in [-0.39, 0.29) is 19.0 Å². The van der Waals surface area contributed by atoms with Crippen molar-refractivity contribution in [3.63, 3.8) is 0 Å². The van der Waals surface area contributed by atoms with Gasteiger partial charge in [0, 0.05) is 41.8 Å². The summed E-state index contributed by atoms with van der Waals surface area (Å²) >= 11 is 0. The van der Waals surface area contributed by atoms with Gasteiger partial charge in [-0.1, -0.05) is 29.1 Å². The highest BCUT2D eigenvalue weighted by molar-refractivity contribution is 7.85. The molecule has 0 saturated carbocycles. The highest BCUT2D eigenvalue weighted by Gasteiger charge is 2.21. The van der Waals surface area contributed by atoms with E-state index in [9.17, 15) is 8.42 Å². The van der Waals surface area contributed by atoms with E-state index < -0.39 is 10.1 Å². The Morgan fingerprint density at radius 3 is 2.48 bits per heavy atom. The number of nitrogens with zero attached hydrogens (tertiary/aromatic N) is 3. The van der Waals surface area contributed by atoms with E-state index in [0.29, 0.717) is 12.3 Å². The van der Waals surface area contributed by atoms with Crippen LogP contribution in [0.15, 0.2) is 71.5 Å². The first kappa shape index (κ1) is 27.8. The summed E-state index contributed by atoms with van der Waals surface area (Å²) in [6, 6.07) is 16.9. The molecule has 0 N–H and O–H groups in total. The maximum absolute atomic E-state index is 11.1. The van der Waals surface area contributed by atoms with E-state index in [1.54, 1.807) is 18.3 Å². The van der Waals surface area contributed by atoms with Gasteiger partial charge in [0.2, 0.25) is 0 Å². The molecule has 1 aliphatic rings. The molecule has 0 amide bonds. The first-order valence-electron chi connectivity index (χ1n) is 13.1. The van der Waals surface area contributed by atoms with E-state index in [4.69, 9.17) is 18.2 Å². The van der Waals surface area contributed by atoms with E-state index in [2.05, 4.69) is 22.0 Å². The quantitative estimate of drug-likeness (QED) is 0.206. The first-order chi connectivity index (χ1) is 19.3. The highest BCUT2D eigenvalue weighted by atomic mass is 32.2. The van der Waals surface area contributed by atoms with Crippen LogP contribution in [0.4, 0.5) is 0 Å². The minimum absolute atomic E-state index is 0.00419. The summed E-state index contributed by atoms with van der Waals surface area (Å²) in [4.78, 5) is 4.50. The summed E-state index contributed by atoms with van der Waals surface area (Å²) in [6.07, 6.45) is 7.41. The third-order valence-corrected chi connectivity index (χ3v) is 6.96. The average molecular weight is 562 g/mol. The summed E-state index contributed by atoms with van der Waals surface area (Å²) in [7, 11) is -3.47. The maximum atomic E-state index is 11.1. The predicted octanol–water partition coefficient (Wildman–Crippen LogP) is 5.07. The molecule has 10 heteroatoms. The second-order valence-corrected chi connectivity index (χ2v) is 11.3. The minimum atomic E-state index is -3.47. The van der Waals surface area contributed by atoms with Crippen LogP contribution < -0.4 is 0 Å². The van der Waals surface area contributed by atoms with Crippen molar-refractivity contribution in [3.8, 4) is 23.2 Å². The Labute approximate surface area is 234 Å². The number of ether oxygens (including phenoxy) is 2. The standard InChI is InChI=1S/C30H31N3O6S/c1-22(38-29-5-3-4-18-36-29)30-31-16-17-33(30)20-27-19-28(39-32-27)26-14-12-24(13-15-26)7-6-23-8-10-25(11-9-23)21-37-40(2,34)35/h8-17,19,22,29H,3-5,18,20-21H2,1-2H3/t22-,29?/m0/s1. The Morgan fingerprint density at radius 1 is 1.07 bits per heavy atom. The van der Waals surface area contributed by atoms with Crippen LogP contribution in [0.25, 0.3) is 11.3 Å². The molecule has 2 aromatic carbocycles. The summed E-state index contributed by atoms with van der Waals surface area (Å²) in [5.74, 6) is 7.75. The molecule has 4 aromatic rings. The van der Waals surface area contributed by atoms with Crippen LogP contribution in [0.2, 0.25) is 0 Å². The zero-order chi connectivity index (χ0) is 28.0. The van der Waals surface area contributed by atoms with Crippen LogP contribution in [0.5, 0.6) is 0 Å². The molecule has 1 aliphatic heterocycles. The second kappa shape index (κ2) is 12.6. The van der Waals surface area contributed by atoms with E-state index in [1.807, 2.05) is 60.2 Å². The molecule has 5 rings (SSSR count). The zero-order valence-corrected chi connectivity index (χ0v) is 23.3. The Kier molecular flexibility index (Phi) is 8.77. The molecule has 0 radical (unpaired) electrons. The van der Waals surface area contributed by atoms with Crippen molar-refractivity contribution < 1.29 is 26.6 Å². The predicted molar refractivity (Wildman–Crippen MR) is 148 cm³/mol. The maximum Gasteiger partial charge on any atom is 0.264 e. The van der Waals surface area contributed by atoms with Crippen molar-refractivity contribution in [2.75, 3.05) is 12.9 Å². The van der Waals surface area contributed by atoms with Gasteiger partial charge in [0.05, 0.1) is 19.4 Å². The molecule has 3 heterocycles. The van der Waals surface area contributed by atoms with E-state index in [0.717, 1.165) is 65.9 Å². The number of hydrogen-bond donors (Lipinski definition) is 0. The molecular formula is C30H31N3O6S. The van der Waals surface area contributed by atoms with Gasteiger partial charge >= 0.3 is 0 Å². The van der Waals surface area contributed by atoms with E-state index in [1.165, 1.54) is 0 Å². The lowest BCUT2D eigenvalue weighted by atomic mass is 10.1. The molecular weight excluding hydrogens is 530 g/mol. The number of hydrogen-bond acceptors (Lipinski definition) is 8. The van der Waals surface area contributed by atoms with Gasteiger partial charge in [-0.25, -0.2) is 4.98 Å². The van der Waals surface area contributed by atoms with Crippen molar-refractivity contribution in [2.45, 2.75) is 51.7 Å². The average Bonchev–Trinajstić information content (AvgIpc) is 3.62. The Bertz CT molecular complexity index is 1570. The van der Waals surface area contributed by atoms with Crippen molar-refractivity contribution in [2.24, 2.45) is 0 Å². The number of benzene rings is 2. The normalized spacial score (nSPS) is 16.3. The van der Waals surface area contributed by atoms with Crippen LogP contribution in [-0.4, -0.2) is 42.3 Å². The fraction of sp³-hybridized carbons (Fsp3) is 0.333. The van der Waals surface area contributed by atoms with Gasteiger partial charge in [-0.15, -0.1) is 0 Å². The van der Waals surface area contributed by atoms with Gasteiger partial charge < -0.3 is 18.6 Å². The molecule has 1 unspecified atom stereocenters. The van der Waals surface area contributed by atoms with Crippen molar-refractivity contribution in [1.29, 1.82) is 0 Å². The number of rotatable bonds is 9. The lowest BCUT2D eigenvalue weighted by molar-refractivity contribution is -0.188. The lowest BCUT2D eigenvalue weighted by Gasteiger charge is -2.26. The SMILES string of the molecule is C[C@H](OC1CCCCO1)c1nccn1Cc1cc(-c2ccc(C#Cc3ccc(COS(C)(=O)=O)cc3)cc2)on1. The van der Waals surface area contributed by atoms with Crippen molar-refractivity contribution >= 4 is 10.1 Å². The topological polar surface area (TPSA) is 106 Å². The molecule has 40 heavy (non-hydrogen) atoms. The molecule has 0 bridgehead atoms. The second-order valence-electron chi connectivity index (χ2n) is 9.66. The van der Waals surface area contributed by atoms with Crippen LogP contribution in [0, 0.1) is 11.8 Å². The van der Waals surface area contributed by atoms with Gasteiger partial charge in [-0.05, 0) is 68.1 Å². The Balaban J connectivity index is 1.18. The monoisotopic (exact) mass is 561 g/mol. The lowest BCUT2D eigenvalue weighted by Crippen LogP contribution is -2.24. The fourth-order valence-corrected chi connectivity index (χ4v) is 4.69. The third kappa shape index (κ3) is 7.67. The molecule has 0 spiro atoms. The number of aromatic nitrogens is 3. The molecule has 0 aliphatic carbocycles. The minimum Gasteiger partial charge on any atom is -0.356 e. The molecule has 2 atom stereocenters. The molecule has 208 valence electrons. The van der Waals surface area contributed by atoms with Gasteiger partial charge in [0.25, 0.3) is 10.1 Å². The zero-order valence-electron chi connectivity index (χ0n) is 22.4. The first-order valence-corrected chi connectivity index (χ1v) is 14.9. The Morgan fingerprint density at radius 2 is 1.80 bits per heavy atom. The molecule has 1 fully saturated rings. The van der Waals surface area contributed by atoms with Gasteiger partial charge in [-0.2, -0.15) is 8.42 Å². The van der Waals surface area contributed by atoms with Crippen LogP contribution in [-0.2, 0) is 36.9 Å². The van der Waals surface area contributed by atoms with Crippen molar-refractivity contribution in [1.82, 2.24) is 14.7 Å². The number of imidazole rings is 1. The summed E-state index contributed by atoms with van der Waals surface area (Å²) in [5.41, 5.74) is 4.11. The molecule has 9 nitrogen and oxygen atoms in total. The van der Waals surface area contributed by atoms with Crippen LogP contribution in [0.3, 0.4) is 0 Å². The van der Waals surface area contributed by atoms with Gasteiger partial charge in [-0.3, -0.25) is 4.18 Å². The molecule has 2 aromatic heterocycles. The van der Waals surface area contributed by atoms with Gasteiger partial charge in [0.15, 0.2) is 12.1 Å². The summed E-state index contributed by atoms with van der Waals surface area (Å²) < 4.78 is 46.5. The Hall–Kier alpha value is -3.75. The van der Waals surface area contributed by atoms with Crippen molar-refractivity contribution in [3.05, 3.63) is 95.2 Å². The fourth-order valence-electron chi connectivity index (χ4n) is 4.34. The van der Waals surface area contributed by atoms with Crippen LogP contribution in [0.1, 0.15) is 60.5 Å². The van der Waals surface area contributed by atoms with Gasteiger partial charge in [0.1, 0.15) is 17.6 Å². The highest BCUT2D eigenvalue weighted by Crippen LogP contribution is 2.25. The largest absolute Gasteiger partial charge is 0.356 e. The smallest absolute Gasteiger partial charge is 0.264 e. The third-order valence-electron chi connectivity index (χ3n) is 6.41.